The van der Waals surface area contributed by atoms with Crippen molar-refractivity contribution in [3.8, 4) is 11.3 Å². The molecule has 0 spiro atoms. The zero-order valence-corrected chi connectivity index (χ0v) is 14.0. The molecule has 3 nitrogen and oxygen atoms in total. The maximum Gasteiger partial charge on any atom is 0.123 e. The van der Waals surface area contributed by atoms with E-state index in [9.17, 15) is 4.39 Å². The molecular weight excluding hydrogens is 301 g/mol. The van der Waals surface area contributed by atoms with Crippen LogP contribution in [0.4, 0.5) is 4.39 Å². The minimum atomic E-state index is -0.232. The number of hydrogen-bond acceptors (Lipinski definition) is 3. The van der Waals surface area contributed by atoms with E-state index in [1.54, 1.807) is 12.3 Å². The minimum Gasteiger partial charge on any atom is -0.300 e. The van der Waals surface area contributed by atoms with Gasteiger partial charge >= 0.3 is 0 Å². The van der Waals surface area contributed by atoms with E-state index in [4.69, 9.17) is 4.98 Å². The third-order valence-electron chi connectivity index (χ3n) is 5.56. The smallest absolute Gasteiger partial charge is 0.123 e. The molecule has 1 aliphatic carbocycles. The highest BCUT2D eigenvalue weighted by Gasteiger charge is 2.28. The minimum absolute atomic E-state index is 0.232. The second kappa shape index (κ2) is 6.98. The molecule has 1 aliphatic heterocycles. The molecule has 0 unspecified atom stereocenters. The van der Waals surface area contributed by atoms with Gasteiger partial charge in [-0.05, 0) is 50.9 Å². The van der Waals surface area contributed by atoms with E-state index >= 15 is 0 Å². The van der Waals surface area contributed by atoms with Gasteiger partial charge in [-0.1, -0.05) is 25.0 Å². The van der Waals surface area contributed by atoms with Gasteiger partial charge in [0.15, 0.2) is 0 Å². The Kier molecular flexibility index (Phi) is 4.56. The summed E-state index contributed by atoms with van der Waals surface area (Å²) in [6, 6.07) is 7.41. The predicted molar refractivity (Wildman–Crippen MR) is 93.2 cm³/mol. The van der Waals surface area contributed by atoms with Crippen molar-refractivity contribution in [1.82, 2.24) is 14.9 Å². The second-order valence-corrected chi connectivity index (χ2v) is 7.09. The van der Waals surface area contributed by atoms with E-state index in [-0.39, 0.29) is 5.82 Å². The van der Waals surface area contributed by atoms with E-state index in [1.165, 1.54) is 50.9 Å². The Labute approximate surface area is 142 Å². The van der Waals surface area contributed by atoms with Gasteiger partial charge in [0.25, 0.3) is 0 Å². The lowest BCUT2D eigenvalue weighted by molar-refractivity contribution is 0.153. The second-order valence-electron chi connectivity index (χ2n) is 7.09. The molecule has 24 heavy (non-hydrogen) atoms. The summed E-state index contributed by atoms with van der Waals surface area (Å²) in [4.78, 5) is 11.8. The largest absolute Gasteiger partial charge is 0.300 e. The molecule has 1 saturated carbocycles. The quantitative estimate of drug-likeness (QED) is 0.837. The number of benzene rings is 1. The van der Waals surface area contributed by atoms with Crippen molar-refractivity contribution < 1.29 is 4.39 Å². The van der Waals surface area contributed by atoms with Gasteiger partial charge in [-0.3, -0.25) is 4.98 Å². The van der Waals surface area contributed by atoms with E-state index in [0.29, 0.717) is 5.92 Å². The molecule has 0 N–H and O–H groups in total. The van der Waals surface area contributed by atoms with E-state index in [0.717, 1.165) is 35.8 Å². The molecule has 4 heteroatoms. The van der Waals surface area contributed by atoms with Crippen LogP contribution >= 0.6 is 0 Å². The molecule has 2 heterocycles. The van der Waals surface area contributed by atoms with E-state index in [2.05, 4.69) is 9.88 Å². The number of nitrogens with zero attached hydrogens (tertiary/aromatic N) is 3. The molecule has 2 fully saturated rings. The highest BCUT2D eigenvalue weighted by atomic mass is 19.1. The van der Waals surface area contributed by atoms with Gasteiger partial charge in [0.05, 0.1) is 17.6 Å². The third kappa shape index (κ3) is 3.34. The van der Waals surface area contributed by atoms with Crippen molar-refractivity contribution in [2.24, 2.45) is 0 Å². The molecule has 4 rings (SSSR count). The van der Waals surface area contributed by atoms with Crippen LogP contribution in [-0.4, -0.2) is 34.0 Å². The Hall–Kier alpha value is -1.81. The number of piperidine rings is 1. The first-order chi connectivity index (χ1) is 11.8. The van der Waals surface area contributed by atoms with Crippen molar-refractivity contribution >= 4 is 0 Å². The lowest BCUT2D eigenvalue weighted by Gasteiger charge is -2.35. The van der Waals surface area contributed by atoms with Gasteiger partial charge in [0, 0.05) is 23.7 Å². The maximum atomic E-state index is 13.4. The monoisotopic (exact) mass is 325 g/mol. The van der Waals surface area contributed by atoms with Crippen LogP contribution in [0.2, 0.25) is 0 Å². The zero-order chi connectivity index (χ0) is 16.4. The zero-order valence-electron chi connectivity index (χ0n) is 14.0. The van der Waals surface area contributed by atoms with Crippen molar-refractivity contribution in [2.75, 3.05) is 13.1 Å². The molecule has 2 aromatic rings. The molecule has 0 atom stereocenters. The van der Waals surface area contributed by atoms with Gasteiger partial charge in [-0.15, -0.1) is 0 Å². The normalized spacial score (nSPS) is 20.5. The van der Waals surface area contributed by atoms with Crippen LogP contribution in [0.15, 0.2) is 36.7 Å². The molecule has 1 aromatic heterocycles. The Morgan fingerprint density at radius 1 is 1.00 bits per heavy atom. The number of rotatable bonds is 3. The molecule has 1 saturated heterocycles. The number of likely N-dealkylation sites (tertiary alicyclic amines) is 1. The summed E-state index contributed by atoms with van der Waals surface area (Å²) in [5, 5.41) is 0. The molecule has 0 amide bonds. The summed E-state index contributed by atoms with van der Waals surface area (Å²) in [5.74, 6) is 0.244. The Morgan fingerprint density at radius 2 is 1.79 bits per heavy atom. The Bertz CT molecular complexity index is 689. The summed E-state index contributed by atoms with van der Waals surface area (Å²) in [5.41, 5.74) is 2.63. The topological polar surface area (TPSA) is 29.0 Å². The predicted octanol–water partition coefficient (Wildman–Crippen LogP) is 4.40. The lowest BCUT2D eigenvalue weighted by atomic mass is 9.92. The van der Waals surface area contributed by atoms with Crippen LogP contribution in [0.25, 0.3) is 11.3 Å². The maximum absolute atomic E-state index is 13.4. The van der Waals surface area contributed by atoms with E-state index in [1.807, 2.05) is 12.3 Å². The molecule has 0 radical (unpaired) electrons. The Morgan fingerprint density at radius 3 is 2.54 bits per heavy atom. The molecular formula is C20H24FN3. The molecule has 0 bridgehead atoms. The molecule has 1 aromatic carbocycles. The fraction of sp³-hybridized carbons (Fsp3) is 0.500. The number of aromatic nitrogens is 2. The number of halogens is 1. The molecule has 126 valence electrons. The summed E-state index contributed by atoms with van der Waals surface area (Å²) in [7, 11) is 0. The summed E-state index contributed by atoms with van der Waals surface area (Å²) < 4.78 is 13.4. The first kappa shape index (κ1) is 15.7. The average molecular weight is 325 g/mol. The van der Waals surface area contributed by atoms with Gasteiger partial charge in [-0.25, -0.2) is 9.37 Å². The first-order valence-corrected chi connectivity index (χ1v) is 9.11. The van der Waals surface area contributed by atoms with Crippen LogP contribution in [0.5, 0.6) is 0 Å². The van der Waals surface area contributed by atoms with Crippen LogP contribution in [-0.2, 0) is 0 Å². The standard InChI is InChI=1S/C20H24FN3/c21-17-5-3-4-16(12-17)20-14-22-13-19(23-20)15-8-10-24(11-9-15)18-6-1-2-7-18/h3-5,12-15,18H,1-2,6-11H2. The van der Waals surface area contributed by atoms with Crippen molar-refractivity contribution in [3.05, 3.63) is 48.2 Å². The third-order valence-corrected chi connectivity index (χ3v) is 5.56. The highest BCUT2D eigenvalue weighted by Crippen LogP contribution is 2.32. The van der Waals surface area contributed by atoms with Crippen molar-refractivity contribution in [1.29, 1.82) is 0 Å². The van der Waals surface area contributed by atoms with Crippen LogP contribution in [0, 0.1) is 5.82 Å². The number of hydrogen-bond donors (Lipinski definition) is 0. The first-order valence-electron chi connectivity index (χ1n) is 9.11. The highest BCUT2D eigenvalue weighted by molar-refractivity contribution is 5.58. The SMILES string of the molecule is Fc1cccc(-c2cncc(C3CCN(C4CCCC4)CC3)n2)c1. The summed E-state index contributed by atoms with van der Waals surface area (Å²) in [6.07, 6.45) is 11.5. The fourth-order valence-electron chi connectivity index (χ4n) is 4.19. The fourth-order valence-corrected chi connectivity index (χ4v) is 4.19. The van der Waals surface area contributed by atoms with Gasteiger partial charge < -0.3 is 4.90 Å². The molecule has 2 aliphatic rings. The van der Waals surface area contributed by atoms with Gasteiger partial charge in [0.1, 0.15) is 5.82 Å². The van der Waals surface area contributed by atoms with Gasteiger partial charge in [0.2, 0.25) is 0 Å². The Balaban J connectivity index is 1.46. The van der Waals surface area contributed by atoms with Crippen molar-refractivity contribution in [3.63, 3.8) is 0 Å². The van der Waals surface area contributed by atoms with Gasteiger partial charge in [-0.2, -0.15) is 0 Å². The summed E-state index contributed by atoms with van der Waals surface area (Å²) >= 11 is 0. The summed E-state index contributed by atoms with van der Waals surface area (Å²) in [6.45, 7) is 2.34. The average Bonchev–Trinajstić information content (AvgIpc) is 3.17. The van der Waals surface area contributed by atoms with Crippen molar-refractivity contribution in [2.45, 2.75) is 50.5 Å². The van der Waals surface area contributed by atoms with Crippen LogP contribution < -0.4 is 0 Å². The van der Waals surface area contributed by atoms with Crippen LogP contribution in [0.1, 0.15) is 50.1 Å². The van der Waals surface area contributed by atoms with E-state index < -0.39 is 0 Å². The lowest BCUT2D eigenvalue weighted by Crippen LogP contribution is -2.39. The van der Waals surface area contributed by atoms with Crippen LogP contribution in [0.3, 0.4) is 0 Å².